The summed E-state index contributed by atoms with van der Waals surface area (Å²) >= 11 is 0. The van der Waals surface area contributed by atoms with Crippen LogP contribution in [-0.4, -0.2) is 90.4 Å². The van der Waals surface area contributed by atoms with E-state index in [4.69, 9.17) is 28.4 Å². The summed E-state index contributed by atoms with van der Waals surface area (Å²) in [6.07, 6.45) is 5.76. The zero-order valence-corrected chi connectivity index (χ0v) is 46.5. The molecule has 8 rings (SSSR count). The number of ether oxygens (including phenoxy) is 6. The third kappa shape index (κ3) is 12.7. The van der Waals surface area contributed by atoms with Crippen molar-refractivity contribution in [1.29, 1.82) is 0 Å². The predicted molar refractivity (Wildman–Crippen MR) is 285 cm³/mol. The smallest absolute Gasteiger partial charge is 0.412 e. The van der Waals surface area contributed by atoms with E-state index >= 15 is 0 Å². The van der Waals surface area contributed by atoms with Crippen molar-refractivity contribution in [2.24, 2.45) is 5.92 Å². The summed E-state index contributed by atoms with van der Waals surface area (Å²) in [4.78, 5) is 90.5. The summed E-state index contributed by atoms with van der Waals surface area (Å²) in [5.41, 5.74) is 5.73. The van der Waals surface area contributed by atoms with Crippen LogP contribution in [0.2, 0.25) is 0 Å². The summed E-state index contributed by atoms with van der Waals surface area (Å²) in [5.74, 6) is -0.365. The molecular weight excluding hydrogens is 957 g/mol. The monoisotopic (exact) mass is 1030 g/mol. The zero-order valence-electron chi connectivity index (χ0n) is 46.5. The van der Waals surface area contributed by atoms with E-state index in [1.54, 1.807) is 20.8 Å². The molecule has 1 N–H and O–H groups in total. The van der Waals surface area contributed by atoms with E-state index in [0.29, 0.717) is 59.7 Å². The number of benzene rings is 3. The molecule has 3 aromatic rings. The number of fused-ring (bicyclic) bond motifs is 9. The molecule has 0 saturated heterocycles. The fourth-order valence-electron chi connectivity index (χ4n) is 11.1. The number of nitrogens with one attached hydrogen (secondary N) is 1. The molecular formula is C60H78N2O13. The average Bonchev–Trinajstić information content (AvgIpc) is 3.89. The molecule has 15 nitrogen and oxygen atoms in total. The Morgan fingerprint density at radius 2 is 1.33 bits per heavy atom. The predicted octanol–water partition coefficient (Wildman–Crippen LogP) is 11.5. The van der Waals surface area contributed by atoms with Crippen LogP contribution in [0.1, 0.15) is 197 Å². The molecule has 15 heteroatoms. The molecule has 75 heavy (non-hydrogen) atoms. The Labute approximate surface area is 442 Å². The number of rotatable bonds is 13. The highest BCUT2D eigenvalue weighted by Gasteiger charge is 2.44. The molecule has 0 spiro atoms. The first-order valence-electron chi connectivity index (χ1n) is 26.9. The Balaban J connectivity index is 0.000000305. The van der Waals surface area contributed by atoms with Gasteiger partial charge in [0.25, 0.3) is 0 Å². The second-order valence-corrected chi connectivity index (χ2v) is 24.3. The number of carbonyl (C=O) groups excluding carboxylic acids is 7. The van der Waals surface area contributed by atoms with Crippen LogP contribution in [-0.2, 0) is 57.1 Å². The summed E-state index contributed by atoms with van der Waals surface area (Å²) in [6.45, 7) is 25.9. The largest absolute Gasteiger partial charge is 0.492 e. The first kappa shape index (κ1) is 56.5. The minimum atomic E-state index is -0.753. The number of aryl methyl sites for hydroxylation is 1. The molecule has 0 unspecified atom stereocenters. The fourth-order valence-corrected chi connectivity index (χ4v) is 11.1. The molecule has 0 radical (unpaired) electrons. The zero-order chi connectivity index (χ0) is 54.9. The number of esters is 2. The fraction of sp³-hybridized carbons (Fsp3) is 0.583. The molecule has 2 aliphatic heterocycles. The Kier molecular flexibility index (Phi) is 16.7. The molecule has 2 atom stereocenters. The van der Waals surface area contributed by atoms with Crippen LogP contribution in [0.3, 0.4) is 0 Å². The van der Waals surface area contributed by atoms with Gasteiger partial charge >= 0.3 is 24.1 Å². The van der Waals surface area contributed by atoms with Crippen LogP contribution in [0.25, 0.3) is 16.5 Å². The maximum absolute atomic E-state index is 13.7. The summed E-state index contributed by atoms with van der Waals surface area (Å²) in [6, 6.07) is 8.25. The number of nitrogens with zero attached hydrogens (tertiary/aromatic N) is 1. The summed E-state index contributed by atoms with van der Waals surface area (Å²) in [7, 11) is 0. The van der Waals surface area contributed by atoms with Crippen LogP contribution >= 0.6 is 0 Å². The van der Waals surface area contributed by atoms with Crippen molar-refractivity contribution in [3.05, 3.63) is 68.8 Å². The highest BCUT2D eigenvalue weighted by atomic mass is 16.6. The van der Waals surface area contributed by atoms with E-state index in [2.05, 4.69) is 45.1 Å². The Hall–Kier alpha value is -6.25. The van der Waals surface area contributed by atoms with Gasteiger partial charge in [0.05, 0.1) is 25.3 Å². The van der Waals surface area contributed by atoms with Crippen molar-refractivity contribution in [1.82, 2.24) is 10.2 Å². The van der Waals surface area contributed by atoms with Gasteiger partial charge in [0, 0.05) is 65.2 Å². The number of hydrogen-bond donors (Lipinski definition) is 1. The summed E-state index contributed by atoms with van der Waals surface area (Å²) < 4.78 is 35.1. The van der Waals surface area contributed by atoms with Crippen molar-refractivity contribution in [3.8, 4) is 17.2 Å². The van der Waals surface area contributed by atoms with Crippen LogP contribution in [0.15, 0.2) is 29.8 Å². The van der Waals surface area contributed by atoms with E-state index in [9.17, 15) is 33.6 Å². The van der Waals surface area contributed by atoms with E-state index < -0.39 is 29.4 Å². The van der Waals surface area contributed by atoms with Crippen LogP contribution in [0.5, 0.6) is 17.2 Å². The van der Waals surface area contributed by atoms with Crippen molar-refractivity contribution < 1.29 is 62.0 Å². The molecule has 0 aromatic heterocycles. The molecule has 2 heterocycles. The van der Waals surface area contributed by atoms with E-state index in [1.807, 2.05) is 46.8 Å². The maximum atomic E-state index is 13.7. The number of amides is 2. The van der Waals surface area contributed by atoms with Gasteiger partial charge in [-0.3, -0.25) is 24.0 Å². The minimum Gasteiger partial charge on any atom is -0.492 e. The van der Waals surface area contributed by atoms with E-state index in [1.165, 1.54) is 17.4 Å². The normalized spacial score (nSPS) is 18.9. The van der Waals surface area contributed by atoms with Gasteiger partial charge in [0.15, 0.2) is 11.5 Å². The van der Waals surface area contributed by atoms with Gasteiger partial charge < -0.3 is 38.6 Å². The van der Waals surface area contributed by atoms with Gasteiger partial charge in [-0.15, -0.1) is 0 Å². The Morgan fingerprint density at radius 3 is 1.99 bits per heavy atom. The number of unbranched alkanes of at least 4 members (excludes halogenated alkanes) is 1. The van der Waals surface area contributed by atoms with Crippen molar-refractivity contribution in [2.75, 3.05) is 32.8 Å². The van der Waals surface area contributed by atoms with Crippen molar-refractivity contribution >= 4 is 58.0 Å². The molecule has 3 aromatic carbocycles. The number of carbonyl (C=O) groups is 7. The first-order valence-corrected chi connectivity index (χ1v) is 26.9. The standard InChI is InChI=1S/C41H58N2O10.C19H20O3/c1-25-24-49-34-28-18-19-29-27(15-13-20-41(29,9)10)33(28)36(50-30(45)17-14-22-43(23-26(2)44)38(48)53-40(6,7)8)35(32(25)34)51-37(47)42-21-12-11-16-31(46)52-39(3,4)5;1-10-9-22-18-12-6-7-13-11(5-4-8-19(13,2)3)15(12)17(21)16(20)14(10)18/h18-19,25H,11-17,20-24H2,1-10H3,(H,42,47);6-7,10H,4-5,8-9H2,1-3H3/t25-;10-/m00/s1. The number of Topliss-reactive ketones (excluding diaryl/α,β-unsaturated/α-hetero) is 3. The molecule has 0 fully saturated rings. The van der Waals surface area contributed by atoms with E-state index in [0.717, 1.165) is 66.2 Å². The molecule has 0 bridgehead atoms. The van der Waals surface area contributed by atoms with E-state index in [-0.39, 0.29) is 96.4 Å². The van der Waals surface area contributed by atoms with Gasteiger partial charge in [0.1, 0.15) is 28.5 Å². The first-order chi connectivity index (χ1) is 35.1. The lowest BCUT2D eigenvalue weighted by Gasteiger charge is -2.35. The Morgan fingerprint density at radius 1 is 0.720 bits per heavy atom. The second-order valence-electron chi connectivity index (χ2n) is 24.3. The third-order valence-corrected chi connectivity index (χ3v) is 14.6. The molecule has 5 aliphatic rings. The van der Waals surface area contributed by atoms with Crippen molar-refractivity contribution in [3.63, 3.8) is 0 Å². The lowest BCUT2D eigenvalue weighted by molar-refractivity contribution is -0.155. The lowest BCUT2D eigenvalue weighted by Crippen LogP contribution is -2.40. The summed E-state index contributed by atoms with van der Waals surface area (Å²) in [5, 5.41) is 4.25. The second kappa shape index (κ2) is 22.1. The van der Waals surface area contributed by atoms with Gasteiger partial charge in [-0.05, 0) is 139 Å². The average molecular weight is 1040 g/mol. The van der Waals surface area contributed by atoms with Crippen LogP contribution in [0, 0.1) is 5.92 Å². The Bertz CT molecular complexity index is 2820. The molecule has 0 saturated carbocycles. The highest BCUT2D eigenvalue weighted by Crippen LogP contribution is 2.55. The highest BCUT2D eigenvalue weighted by molar-refractivity contribution is 6.52. The third-order valence-electron chi connectivity index (χ3n) is 14.6. The van der Waals surface area contributed by atoms with Crippen LogP contribution < -0.4 is 19.5 Å². The molecule has 2 amide bonds. The van der Waals surface area contributed by atoms with Gasteiger partial charge in [-0.2, -0.15) is 0 Å². The maximum Gasteiger partial charge on any atom is 0.412 e. The lowest BCUT2D eigenvalue weighted by atomic mass is 9.69. The SMILES string of the molecule is CC(=O)CN(CCCC(=O)Oc1c(OC(=O)NCCCCC(=O)OC(C)(C)C)c2c(c3ccc4c(c13)CCCC4(C)C)OC[C@@H]2C)C(=O)OC(C)(C)C.C[C@H]1COC2=C1C(=O)C(=O)c1c2ccc2c1CCCC2(C)C. The molecule has 406 valence electrons. The topological polar surface area (TPSA) is 190 Å². The van der Waals surface area contributed by atoms with Gasteiger partial charge in [0.2, 0.25) is 11.6 Å². The quantitative estimate of drug-likeness (QED) is 0.0737. The van der Waals surface area contributed by atoms with Gasteiger partial charge in [-0.1, -0.05) is 65.8 Å². The number of hydrogen-bond acceptors (Lipinski definition) is 13. The molecule has 3 aliphatic carbocycles. The number of ketones is 3. The van der Waals surface area contributed by atoms with Crippen LogP contribution in [0.4, 0.5) is 9.59 Å². The minimum absolute atomic E-state index is 0.00655. The van der Waals surface area contributed by atoms with Crippen molar-refractivity contribution in [2.45, 2.75) is 189 Å². The van der Waals surface area contributed by atoms with Gasteiger partial charge in [-0.25, -0.2) is 9.59 Å².